The molecule has 72 heavy (non-hydrogen) atoms. The number of nitrogens with zero attached hydrogens (tertiary/aromatic N) is 2. The van der Waals surface area contributed by atoms with Crippen molar-refractivity contribution in [1.82, 2.24) is 4.98 Å². The van der Waals surface area contributed by atoms with Gasteiger partial charge in [0, 0.05) is 41.6 Å². The van der Waals surface area contributed by atoms with Gasteiger partial charge in [0.15, 0.2) is 0 Å². The van der Waals surface area contributed by atoms with Crippen molar-refractivity contribution in [2.45, 2.75) is 109 Å². The number of aryl methyl sites for hydroxylation is 6. The van der Waals surface area contributed by atoms with Gasteiger partial charge in [-0.25, -0.2) is 0 Å². The molecule has 1 heterocycles. The van der Waals surface area contributed by atoms with Crippen LogP contribution in [0, 0.1) is 59.8 Å². The molecule has 0 aliphatic rings. The molecule has 8 rings (SSSR count). The highest BCUT2D eigenvalue weighted by Crippen LogP contribution is 1.97. The normalized spacial score (nSPS) is 9.01. The molecule has 0 aliphatic carbocycles. The van der Waals surface area contributed by atoms with Crippen LogP contribution in [0.4, 0.5) is 4.39 Å². The average Bonchev–Trinajstić information content (AvgIpc) is 3.44. The van der Waals surface area contributed by atoms with Crippen LogP contribution in [0.25, 0.3) is 0 Å². The molecule has 0 atom stereocenters. The van der Waals surface area contributed by atoms with Gasteiger partial charge in [0.2, 0.25) is 0 Å². The highest BCUT2D eigenvalue weighted by Gasteiger charge is 1.99. The van der Waals surface area contributed by atoms with E-state index in [9.17, 15) is 4.39 Å². The number of nitriles is 1. The summed E-state index contributed by atoms with van der Waals surface area (Å²) in [6, 6.07) is 67.9. The molecule has 0 amide bonds. The third kappa shape index (κ3) is 80.3. The molecule has 1 aromatic heterocycles. The predicted octanol–water partition coefficient (Wildman–Crippen LogP) is 20.4. The first-order valence-corrected chi connectivity index (χ1v) is 28.2. The molecule has 3 nitrogen and oxygen atoms in total. The summed E-state index contributed by atoms with van der Waals surface area (Å²) in [4.78, 5) is 3.78. The van der Waals surface area contributed by atoms with Gasteiger partial charge in [0.1, 0.15) is 0 Å². The van der Waals surface area contributed by atoms with E-state index in [-0.39, 0.29) is 30.2 Å². The minimum atomic E-state index is -0.611. The van der Waals surface area contributed by atoms with Crippen LogP contribution in [0.1, 0.15) is 80.4 Å². The Balaban J connectivity index is -0.000000181. The molecule has 0 spiro atoms. The zero-order chi connectivity index (χ0) is 60.3. The maximum atomic E-state index is 9.50. The molecule has 0 radical (unpaired) electrons. The minimum Gasteiger partial charge on any atom is -0.388 e. The van der Waals surface area contributed by atoms with Crippen LogP contribution in [0.5, 0.6) is 0 Å². The summed E-state index contributed by atoms with van der Waals surface area (Å²) >= 11 is 0. The number of hydrogen-bond donors (Lipinski definition) is 0. The summed E-state index contributed by atoms with van der Waals surface area (Å²) in [7, 11) is 3.14. The van der Waals surface area contributed by atoms with Gasteiger partial charge < -0.3 is 4.74 Å². The second-order valence-corrected chi connectivity index (χ2v) is 21.8. The van der Waals surface area contributed by atoms with E-state index in [0.717, 1.165) is 0 Å². The first kappa shape index (κ1) is 65.3. The number of pyridine rings is 1. The largest absolute Gasteiger partial charge is 0.388 e. The number of aromatic nitrogens is 1. The fraction of sp³-hybridized carbons (Fsp3) is 0.284. The number of methoxy groups -OCH3 is 1. The van der Waals surface area contributed by atoms with Crippen LogP contribution in [-0.2, 0) is 4.74 Å². The van der Waals surface area contributed by atoms with Gasteiger partial charge in [-0.3, -0.25) is 9.37 Å². The van der Waals surface area contributed by atoms with Crippen molar-refractivity contribution >= 4 is 8.07 Å². The molecule has 0 aliphatic heterocycles. The Kier molecular flexibility index (Phi) is 58.3. The Hall–Kier alpha value is -6.71. The standard InChI is InChI=1S/7C7H8.C5H5N.C4H12Si.C2H3N.C2H6O.2C2H6.CH3F/c7*1-7-5-3-2-4-6-7;1-2-4-6-5-3-1;1-5(2,3)4;1-2-3;1-3-2;3*1-2/h7*2-6H,1H3;1-5H;1-4H3;1H3;1-2H3;2*1-2H3;1H3/i2D,3D,4D,5D,6D;;;;;;;;;;;;;. The highest BCUT2D eigenvalue weighted by atomic mass is 28.3. The van der Waals surface area contributed by atoms with Crippen LogP contribution < -0.4 is 0 Å². The van der Waals surface area contributed by atoms with Gasteiger partial charge in [-0.05, 0) is 60.6 Å². The van der Waals surface area contributed by atoms with Crippen LogP contribution in [0.15, 0.2) is 243 Å². The lowest BCUT2D eigenvalue weighted by molar-refractivity contribution is 0.277. The second kappa shape index (κ2) is 64.3. The van der Waals surface area contributed by atoms with E-state index < -0.39 is 8.07 Å². The van der Waals surface area contributed by atoms with Crippen LogP contribution in [0.2, 0.25) is 26.2 Å². The summed E-state index contributed by atoms with van der Waals surface area (Å²) < 4.78 is 50.1. The van der Waals surface area contributed by atoms with E-state index in [4.69, 9.17) is 12.1 Å². The lowest BCUT2D eigenvalue weighted by Gasteiger charge is -2.01. The van der Waals surface area contributed by atoms with E-state index in [1.807, 2.05) is 155 Å². The summed E-state index contributed by atoms with van der Waals surface area (Å²) in [6.07, 6.45) is 3.50. The predicted molar refractivity (Wildman–Crippen MR) is 326 cm³/mol. The molecule has 0 unspecified atom stereocenters. The van der Waals surface area contributed by atoms with E-state index >= 15 is 0 Å². The topological polar surface area (TPSA) is 45.9 Å². The number of ether oxygens (including phenoxy) is 1. The summed E-state index contributed by atoms with van der Waals surface area (Å²) in [5, 5.41) is 7.32. The number of benzene rings is 7. The van der Waals surface area contributed by atoms with E-state index in [1.54, 1.807) is 32.7 Å². The van der Waals surface area contributed by atoms with Gasteiger partial charge in [-0.15, -0.1) is 0 Å². The number of halogens is 1. The van der Waals surface area contributed by atoms with Gasteiger partial charge >= 0.3 is 0 Å². The van der Waals surface area contributed by atoms with Gasteiger partial charge in [-0.1, -0.05) is 311 Å². The van der Waals surface area contributed by atoms with E-state index in [2.05, 4.69) is 150 Å². The zero-order valence-corrected chi connectivity index (χ0v) is 48.9. The van der Waals surface area contributed by atoms with Crippen molar-refractivity contribution in [3.63, 3.8) is 0 Å². The molecule has 0 fully saturated rings. The van der Waals surface area contributed by atoms with Crippen molar-refractivity contribution in [3.8, 4) is 6.07 Å². The maximum absolute atomic E-state index is 9.50. The smallest absolute Gasteiger partial charge is 0.0785 e. The van der Waals surface area contributed by atoms with Crippen molar-refractivity contribution < 1.29 is 16.0 Å². The first-order chi connectivity index (χ1) is 36.7. The van der Waals surface area contributed by atoms with Crippen molar-refractivity contribution in [2.24, 2.45) is 0 Å². The van der Waals surface area contributed by atoms with Gasteiger partial charge in [0.25, 0.3) is 0 Å². The molecular weight excluding hydrogens is 896 g/mol. The van der Waals surface area contributed by atoms with Gasteiger partial charge in [0.05, 0.1) is 20.1 Å². The fourth-order valence-electron chi connectivity index (χ4n) is 3.83. The Bertz CT molecular complexity index is 2000. The molecule has 7 aromatic carbocycles. The molecule has 8 aromatic rings. The average molecular weight is 999 g/mol. The fourth-order valence-corrected chi connectivity index (χ4v) is 3.83. The van der Waals surface area contributed by atoms with Crippen molar-refractivity contribution in [2.75, 3.05) is 21.4 Å². The Morgan fingerprint density at radius 3 is 0.639 bits per heavy atom. The van der Waals surface area contributed by atoms with E-state index in [0.29, 0.717) is 12.7 Å². The number of alkyl halides is 1. The monoisotopic (exact) mass is 998 g/mol. The second-order valence-electron chi connectivity index (χ2n) is 15.8. The molecule has 0 saturated carbocycles. The third-order valence-corrected chi connectivity index (χ3v) is 6.83. The lowest BCUT2D eigenvalue weighted by atomic mass is 10.2. The molecular formula is C67H97FN2OSi. The van der Waals surface area contributed by atoms with Crippen LogP contribution in [-0.4, -0.2) is 34.5 Å². The van der Waals surface area contributed by atoms with Crippen LogP contribution in [0.3, 0.4) is 0 Å². The van der Waals surface area contributed by atoms with Gasteiger partial charge in [-0.2, -0.15) is 5.26 Å². The molecule has 0 N–H and O–H groups in total. The zero-order valence-electron chi connectivity index (χ0n) is 52.9. The Morgan fingerprint density at radius 1 is 0.389 bits per heavy atom. The van der Waals surface area contributed by atoms with E-state index in [1.165, 1.54) is 47.2 Å². The quantitative estimate of drug-likeness (QED) is 0.142. The summed E-state index contributed by atoms with van der Waals surface area (Å²) in [5.41, 5.74) is 8.22. The Labute approximate surface area is 451 Å². The molecule has 5 heteroatoms. The highest BCUT2D eigenvalue weighted by molar-refractivity contribution is 6.74. The molecule has 0 bridgehead atoms. The number of rotatable bonds is 0. The minimum absolute atomic E-state index is 0.124. The van der Waals surface area contributed by atoms with Crippen molar-refractivity contribution in [1.29, 1.82) is 5.26 Å². The first-order valence-electron chi connectivity index (χ1n) is 26.7. The van der Waals surface area contributed by atoms with Crippen LogP contribution >= 0.6 is 0 Å². The SMILES string of the molecule is CC.CC.CC#N.CF.COC.C[Si](C)(C)C.Cc1ccccc1.Cc1ccccc1.Cc1ccccc1.Cc1ccccc1.Cc1ccccc1.Cc1ccccc1.[2H]c1c([2H])c([2H])c(C)c([2H])c1[2H].c1ccncc1. The molecule has 392 valence electrons. The molecule has 0 saturated heterocycles. The lowest BCUT2D eigenvalue weighted by Crippen LogP contribution is -2.10. The van der Waals surface area contributed by atoms with Crippen molar-refractivity contribution in [3.05, 3.63) is 282 Å². The maximum Gasteiger partial charge on any atom is 0.0785 e. The third-order valence-electron chi connectivity index (χ3n) is 6.83. The Morgan fingerprint density at radius 2 is 0.542 bits per heavy atom. The number of hydrogen-bond acceptors (Lipinski definition) is 3. The summed E-state index contributed by atoms with van der Waals surface area (Å²) in [5.74, 6) is 0. The summed E-state index contributed by atoms with van der Waals surface area (Å²) in [6.45, 7) is 32.8.